The highest BCUT2D eigenvalue weighted by Gasteiger charge is 1.39. The second-order valence-electron chi connectivity index (χ2n) is 0.237. The molecule has 0 aromatic rings. The third kappa shape index (κ3) is 1.29. The minimum Gasteiger partial charge on any atom is -0.327 e. The highest BCUT2D eigenvalue weighted by Crippen LogP contribution is 1.17. The Morgan fingerprint density at radius 2 is 3.25 bits per heavy atom. The Balaban J connectivity index is 3.40. The molecule has 0 unspecified atom stereocenters. The van der Waals surface area contributed by atoms with Gasteiger partial charge in [-0.2, -0.15) is 5.26 Å². The molecule has 0 bridgehead atoms. The number of hydrogen-bond donors (Lipinski definition) is 1. The van der Waals surface area contributed by atoms with E-state index < -0.39 is 6.98 Å². The van der Waals surface area contributed by atoms with Crippen LogP contribution < -0.4 is 5.32 Å². The third-order valence-electron chi connectivity index (χ3n) is 0.0559. The maximum Gasteiger partial charge on any atom is 0.176 e. The molecule has 0 saturated carbocycles. The molecule has 0 fully saturated rings. The quantitative estimate of drug-likeness (QED) is 0.307. The summed E-state index contributed by atoms with van der Waals surface area (Å²) in [6.07, 6.45) is 1.30. The van der Waals surface area contributed by atoms with Gasteiger partial charge in [-0.1, -0.05) is 0 Å². The van der Waals surface area contributed by atoms with Crippen molar-refractivity contribution in [2.45, 2.75) is 0 Å². The van der Waals surface area contributed by atoms with Gasteiger partial charge in [-0.15, -0.1) is 0 Å². The van der Waals surface area contributed by atoms with E-state index in [9.17, 15) is 0 Å². The van der Waals surface area contributed by atoms with E-state index in [-0.39, 0.29) is 0 Å². The highest BCUT2D eigenvalue weighted by atomic mass is 14.8. The number of nitrogens with zero attached hydrogens (tertiary/aromatic N) is 1. The molecule has 0 aromatic carbocycles. The second kappa shape index (κ2) is 2.29. The van der Waals surface area contributed by atoms with Gasteiger partial charge in [0.1, 0.15) is 0 Å². The van der Waals surface area contributed by atoms with Crippen molar-refractivity contribution < 1.29 is 4.11 Å². The van der Waals surface area contributed by atoms with Gasteiger partial charge < -0.3 is 5.32 Å². The lowest BCUT2D eigenvalue weighted by Gasteiger charge is -1.60. The summed E-state index contributed by atoms with van der Waals surface area (Å²) >= 11 is 0. The third-order valence-corrected chi connectivity index (χ3v) is 0.0559. The van der Waals surface area contributed by atoms with Gasteiger partial charge in [-0.25, -0.2) is 0 Å². The fourth-order valence-electron chi connectivity index (χ4n) is 0. The van der Waals surface area contributed by atoms with E-state index in [1.54, 1.807) is 5.32 Å². The van der Waals surface area contributed by atoms with Crippen molar-refractivity contribution >= 4 is 0 Å². The van der Waals surface area contributed by atoms with E-state index in [4.69, 9.17) is 9.37 Å². The summed E-state index contributed by atoms with van der Waals surface area (Å²) in [6.45, 7) is -2.31. The summed E-state index contributed by atoms with van der Waals surface area (Å²) in [6, 6.07) is 0. The smallest absolute Gasteiger partial charge is 0.176 e. The lowest BCUT2D eigenvalue weighted by atomic mass is 11.2. The zero-order valence-electron chi connectivity index (χ0n) is 4.95. The molecule has 0 aliphatic rings. The number of nitrogens with one attached hydrogen (secondary N) is 1. The largest absolute Gasteiger partial charge is 0.327 e. The minimum atomic E-state index is -2.31. The summed E-state index contributed by atoms with van der Waals surface area (Å²) < 4.78 is 19.0. The van der Waals surface area contributed by atoms with E-state index in [0.29, 0.717) is 0 Å². The van der Waals surface area contributed by atoms with Crippen LogP contribution in [-0.4, -0.2) is 6.98 Å². The van der Waals surface area contributed by atoms with Gasteiger partial charge in [0.05, 0.1) is 0 Å². The van der Waals surface area contributed by atoms with Crippen molar-refractivity contribution in [2.24, 2.45) is 0 Å². The molecule has 0 aromatic heterocycles. The molecule has 0 aliphatic carbocycles. The van der Waals surface area contributed by atoms with Gasteiger partial charge in [0.2, 0.25) is 0 Å². The molecule has 0 radical (unpaired) electrons. The number of hydrogen-bond acceptors (Lipinski definition) is 2. The molecule has 0 saturated heterocycles. The molecular formula is C2H4N2. The zero-order valence-corrected chi connectivity index (χ0v) is 1.95. The zero-order chi connectivity index (χ0) is 5.91. The summed E-state index contributed by atoms with van der Waals surface area (Å²) in [5.41, 5.74) is 0. The topological polar surface area (TPSA) is 35.8 Å². The van der Waals surface area contributed by atoms with Crippen LogP contribution in [0.1, 0.15) is 4.11 Å². The van der Waals surface area contributed by atoms with Crippen LogP contribution in [0.2, 0.25) is 0 Å². The van der Waals surface area contributed by atoms with Crippen LogP contribution in [-0.2, 0) is 0 Å². The van der Waals surface area contributed by atoms with E-state index in [2.05, 4.69) is 0 Å². The van der Waals surface area contributed by atoms with Gasteiger partial charge >= 0.3 is 0 Å². The van der Waals surface area contributed by atoms with Crippen LogP contribution in [0.3, 0.4) is 0 Å². The summed E-state index contributed by atoms with van der Waals surface area (Å²) in [5, 5.41) is 9.27. The van der Waals surface area contributed by atoms with Crippen LogP contribution in [0.4, 0.5) is 0 Å². The van der Waals surface area contributed by atoms with E-state index in [1.807, 2.05) is 0 Å². The van der Waals surface area contributed by atoms with Crippen LogP contribution in [0.15, 0.2) is 0 Å². The predicted octanol–water partition coefficient (Wildman–Crippen LogP) is -0.313. The average Bonchev–Trinajstić information content (AvgIpc) is 1.30. The standard InChI is InChI=1S/C2H4N2/c1-4-2-3/h4H,1H3/i1D3. The normalized spacial score (nSPS) is 18.2. The van der Waals surface area contributed by atoms with Crippen molar-refractivity contribution in [3.8, 4) is 6.19 Å². The Morgan fingerprint density at radius 3 is 3.25 bits per heavy atom. The lowest BCUT2D eigenvalue weighted by molar-refractivity contribution is 1.11. The molecule has 2 heteroatoms. The maximum atomic E-state index is 7.68. The summed E-state index contributed by atoms with van der Waals surface area (Å²) in [4.78, 5) is 0. The Kier molecular flexibility index (Phi) is 0.353. The van der Waals surface area contributed by atoms with Crippen LogP contribution in [0.5, 0.6) is 0 Å². The molecule has 0 aliphatic heterocycles. The fraction of sp³-hybridized carbons (Fsp3) is 0.500. The van der Waals surface area contributed by atoms with Gasteiger partial charge in [-0.3, -0.25) is 0 Å². The first-order chi connectivity index (χ1) is 3.06. The SMILES string of the molecule is [2H]C([2H])([2H])NC#N. The molecule has 4 heavy (non-hydrogen) atoms. The molecule has 0 heterocycles. The number of rotatable bonds is 0. The summed E-state index contributed by atoms with van der Waals surface area (Å²) in [7, 11) is 0. The first kappa shape index (κ1) is 0.617. The van der Waals surface area contributed by atoms with Crippen molar-refractivity contribution in [1.82, 2.24) is 5.32 Å². The monoisotopic (exact) mass is 59.1 g/mol. The predicted molar refractivity (Wildman–Crippen MR) is 14.7 cm³/mol. The fourth-order valence-corrected chi connectivity index (χ4v) is 0. The Labute approximate surface area is 29.3 Å². The first-order valence-electron chi connectivity index (χ1n) is 2.22. The molecule has 0 amide bonds. The molecule has 0 atom stereocenters. The maximum absolute atomic E-state index is 7.68. The molecular weight excluding hydrogens is 52.0 g/mol. The Hall–Kier alpha value is -0.710. The van der Waals surface area contributed by atoms with Gasteiger partial charge in [0.25, 0.3) is 0 Å². The lowest BCUT2D eigenvalue weighted by Crippen LogP contribution is -1.89. The minimum absolute atomic E-state index is 1.30. The van der Waals surface area contributed by atoms with E-state index >= 15 is 0 Å². The molecule has 2 nitrogen and oxygen atoms in total. The van der Waals surface area contributed by atoms with Crippen molar-refractivity contribution in [1.29, 1.82) is 5.26 Å². The highest BCUT2D eigenvalue weighted by molar-refractivity contribution is 4.55. The summed E-state index contributed by atoms with van der Waals surface area (Å²) in [5.74, 6) is 0. The Morgan fingerprint density at radius 1 is 2.50 bits per heavy atom. The van der Waals surface area contributed by atoms with Crippen molar-refractivity contribution in [3.63, 3.8) is 0 Å². The first-order valence-corrected chi connectivity index (χ1v) is 0.724. The van der Waals surface area contributed by atoms with Gasteiger partial charge in [0, 0.05) is 11.1 Å². The van der Waals surface area contributed by atoms with Crippen LogP contribution in [0.25, 0.3) is 0 Å². The van der Waals surface area contributed by atoms with Crippen molar-refractivity contribution in [2.75, 3.05) is 6.98 Å². The molecule has 0 rings (SSSR count). The van der Waals surface area contributed by atoms with Crippen LogP contribution >= 0.6 is 0 Å². The average molecular weight is 59.1 g/mol. The Bertz CT molecular complexity index is 88.1. The van der Waals surface area contributed by atoms with E-state index in [0.717, 1.165) is 0 Å². The molecule has 22 valence electrons. The second-order valence-corrected chi connectivity index (χ2v) is 0.237. The molecule has 0 spiro atoms. The van der Waals surface area contributed by atoms with Crippen molar-refractivity contribution in [3.05, 3.63) is 0 Å². The van der Waals surface area contributed by atoms with Gasteiger partial charge in [-0.05, 0) is 0 Å². The number of nitriles is 1. The molecule has 1 N–H and O–H groups in total. The van der Waals surface area contributed by atoms with E-state index in [1.165, 1.54) is 6.19 Å². The van der Waals surface area contributed by atoms with Crippen LogP contribution in [0, 0.1) is 11.5 Å². The van der Waals surface area contributed by atoms with Gasteiger partial charge in [0.15, 0.2) is 6.19 Å².